The molecule has 0 aromatic heterocycles. The summed E-state index contributed by atoms with van der Waals surface area (Å²) in [6.45, 7) is 2.01. The summed E-state index contributed by atoms with van der Waals surface area (Å²) in [6, 6.07) is 6.48. The lowest BCUT2D eigenvalue weighted by molar-refractivity contribution is -0.135. The Labute approximate surface area is 122 Å². The summed E-state index contributed by atoms with van der Waals surface area (Å²) >= 11 is 5.85. The van der Waals surface area contributed by atoms with Gasteiger partial charge in [-0.3, -0.25) is 4.99 Å². The number of carbonyl (C=O) groups is 1. The smallest absolute Gasteiger partial charge is 0.352 e. The molecule has 1 heterocycles. The van der Waals surface area contributed by atoms with Crippen molar-refractivity contribution in [3.63, 3.8) is 0 Å². The Morgan fingerprint density at radius 1 is 1.45 bits per heavy atom. The maximum atomic E-state index is 11.8. The Balaban J connectivity index is 2.26. The summed E-state index contributed by atoms with van der Waals surface area (Å²) in [4.78, 5) is 27.0. The van der Waals surface area contributed by atoms with Crippen LogP contribution in [0.25, 0.3) is 0 Å². The molecule has 0 amide bonds. The van der Waals surface area contributed by atoms with Gasteiger partial charge >= 0.3 is 5.97 Å². The van der Waals surface area contributed by atoms with Crippen molar-refractivity contribution in [1.82, 2.24) is 0 Å². The Bertz CT molecular complexity index is 528. The van der Waals surface area contributed by atoms with Crippen LogP contribution in [0.4, 0.5) is 0 Å². The fourth-order valence-electron chi connectivity index (χ4n) is 2.18. The van der Waals surface area contributed by atoms with Crippen molar-refractivity contribution in [3.05, 3.63) is 39.8 Å². The Hall–Kier alpha value is -1.75. The lowest BCUT2D eigenvalue weighted by Gasteiger charge is -2.23. The first-order valence-corrected chi connectivity index (χ1v) is 6.83. The van der Waals surface area contributed by atoms with E-state index < -0.39 is 12.0 Å². The lowest BCUT2D eigenvalue weighted by Crippen LogP contribution is -2.28. The summed E-state index contributed by atoms with van der Waals surface area (Å²) in [6.07, 6.45) is 0.737. The summed E-state index contributed by atoms with van der Waals surface area (Å²) in [5, 5.41) is 3.70. The molecule has 0 saturated carbocycles. The van der Waals surface area contributed by atoms with E-state index in [0.717, 1.165) is 5.56 Å². The van der Waals surface area contributed by atoms with Crippen LogP contribution in [0.5, 0.6) is 0 Å². The highest BCUT2D eigenvalue weighted by molar-refractivity contribution is 6.36. The van der Waals surface area contributed by atoms with Gasteiger partial charge in [0.15, 0.2) is 0 Å². The van der Waals surface area contributed by atoms with Crippen molar-refractivity contribution in [2.75, 3.05) is 6.61 Å². The number of carbonyl (C=O) groups excluding carboxylic acids is 1. The van der Waals surface area contributed by atoms with Crippen LogP contribution in [0, 0.1) is 4.91 Å². The van der Waals surface area contributed by atoms with E-state index in [1.54, 1.807) is 19.1 Å². The zero-order chi connectivity index (χ0) is 14.5. The van der Waals surface area contributed by atoms with Crippen LogP contribution < -0.4 is 0 Å². The standard InChI is InChI=1S/C14H15ClN2O3/c1-2-20-14(18)13-8-11(17-19)7-12(16-13)9-3-5-10(15)6-4-9/h3-6,11-12H,2,7-8H2,1H3. The molecule has 2 atom stereocenters. The van der Waals surface area contributed by atoms with Gasteiger partial charge in [0.2, 0.25) is 0 Å². The highest BCUT2D eigenvalue weighted by Crippen LogP contribution is 2.30. The monoisotopic (exact) mass is 294 g/mol. The summed E-state index contributed by atoms with van der Waals surface area (Å²) in [7, 11) is 0. The van der Waals surface area contributed by atoms with Crippen molar-refractivity contribution in [2.45, 2.75) is 31.8 Å². The SMILES string of the molecule is CCOC(=O)C1=NC(c2ccc(Cl)cc2)CC(N=O)C1. The van der Waals surface area contributed by atoms with Crippen LogP contribution in [-0.4, -0.2) is 24.3 Å². The molecule has 20 heavy (non-hydrogen) atoms. The molecule has 2 unspecified atom stereocenters. The Kier molecular flexibility index (Phi) is 4.84. The fourth-order valence-corrected chi connectivity index (χ4v) is 2.31. The number of aliphatic imine (C=N–C) groups is 1. The van der Waals surface area contributed by atoms with Crippen molar-refractivity contribution in [3.8, 4) is 0 Å². The molecule has 0 fully saturated rings. The lowest BCUT2D eigenvalue weighted by atomic mass is 9.93. The first kappa shape index (κ1) is 14.7. The minimum atomic E-state index is -0.472. The highest BCUT2D eigenvalue weighted by Gasteiger charge is 2.29. The normalized spacial score (nSPS) is 22.0. The van der Waals surface area contributed by atoms with Gasteiger partial charge in [0, 0.05) is 17.9 Å². The number of nitroso groups, excluding NO2 is 1. The summed E-state index contributed by atoms with van der Waals surface area (Å²) in [5.74, 6) is -0.472. The topological polar surface area (TPSA) is 68.1 Å². The molecule has 0 aliphatic carbocycles. The molecule has 1 aromatic carbocycles. The quantitative estimate of drug-likeness (QED) is 0.632. The minimum Gasteiger partial charge on any atom is -0.462 e. The van der Waals surface area contributed by atoms with Gasteiger partial charge in [0.1, 0.15) is 11.8 Å². The zero-order valence-electron chi connectivity index (χ0n) is 11.1. The molecule has 0 radical (unpaired) electrons. The van der Waals surface area contributed by atoms with Crippen molar-refractivity contribution >= 4 is 23.3 Å². The molecule has 1 aromatic rings. The van der Waals surface area contributed by atoms with E-state index in [4.69, 9.17) is 16.3 Å². The van der Waals surface area contributed by atoms with E-state index in [1.807, 2.05) is 12.1 Å². The van der Waals surface area contributed by atoms with Crippen molar-refractivity contribution in [2.24, 2.45) is 10.2 Å². The fraction of sp³-hybridized carbons (Fsp3) is 0.429. The molecule has 0 N–H and O–H groups in total. The maximum Gasteiger partial charge on any atom is 0.352 e. The molecule has 1 aliphatic rings. The van der Waals surface area contributed by atoms with E-state index in [2.05, 4.69) is 10.2 Å². The van der Waals surface area contributed by atoms with Gasteiger partial charge in [-0.05, 0) is 24.6 Å². The molecule has 0 saturated heterocycles. The number of benzene rings is 1. The van der Waals surface area contributed by atoms with E-state index in [-0.39, 0.29) is 24.8 Å². The number of rotatable bonds is 4. The van der Waals surface area contributed by atoms with Crippen LogP contribution in [0.3, 0.4) is 0 Å². The van der Waals surface area contributed by atoms with E-state index in [1.165, 1.54) is 0 Å². The third-order valence-corrected chi connectivity index (χ3v) is 3.40. The number of hydrogen-bond acceptors (Lipinski definition) is 5. The predicted molar refractivity (Wildman–Crippen MR) is 77.1 cm³/mol. The maximum absolute atomic E-state index is 11.8. The van der Waals surface area contributed by atoms with E-state index in [0.29, 0.717) is 11.4 Å². The molecule has 5 nitrogen and oxygen atoms in total. The van der Waals surface area contributed by atoms with Gasteiger partial charge in [0.05, 0.1) is 12.6 Å². The largest absolute Gasteiger partial charge is 0.462 e. The Morgan fingerprint density at radius 2 is 2.15 bits per heavy atom. The third kappa shape index (κ3) is 3.42. The van der Waals surface area contributed by atoms with Crippen molar-refractivity contribution in [1.29, 1.82) is 0 Å². The molecule has 1 aliphatic heterocycles. The second-order valence-corrected chi connectivity index (χ2v) is 5.00. The zero-order valence-corrected chi connectivity index (χ0v) is 11.8. The average Bonchev–Trinajstić information content (AvgIpc) is 2.47. The molecule has 106 valence electrons. The van der Waals surface area contributed by atoms with Crippen LogP contribution in [0.15, 0.2) is 34.4 Å². The number of nitrogens with zero attached hydrogens (tertiary/aromatic N) is 2. The number of halogens is 1. The molecule has 6 heteroatoms. The van der Waals surface area contributed by atoms with Gasteiger partial charge in [-0.1, -0.05) is 28.9 Å². The van der Waals surface area contributed by atoms with Crippen LogP contribution in [0.1, 0.15) is 31.4 Å². The number of esters is 1. The highest BCUT2D eigenvalue weighted by atomic mass is 35.5. The van der Waals surface area contributed by atoms with Crippen molar-refractivity contribution < 1.29 is 9.53 Å². The second-order valence-electron chi connectivity index (χ2n) is 4.56. The van der Waals surface area contributed by atoms with Gasteiger partial charge in [0.25, 0.3) is 0 Å². The van der Waals surface area contributed by atoms with Gasteiger partial charge in [-0.2, -0.15) is 4.91 Å². The summed E-state index contributed by atoms with van der Waals surface area (Å²) in [5.41, 5.74) is 1.19. The van der Waals surface area contributed by atoms with E-state index in [9.17, 15) is 9.70 Å². The van der Waals surface area contributed by atoms with Crippen LogP contribution >= 0.6 is 11.6 Å². The average molecular weight is 295 g/mol. The van der Waals surface area contributed by atoms with Crippen LogP contribution in [0.2, 0.25) is 5.02 Å². The first-order valence-electron chi connectivity index (χ1n) is 6.45. The molecular weight excluding hydrogens is 280 g/mol. The summed E-state index contributed by atoms with van der Waals surface area (Å²) < 4.78 is 4.94. The third-order valence-electron chi connectivity index (χ3n) is 3.15. The minimum absolute atomic E-state index is 0.242. The molecule has 2 rings (SSSR count). The van der Waals surface area contributed by atoms with Gasteiger partial charge < -0.3 is 4.74 Å². The molecular formula is C14H15ClN2O3. The molecule has 0 bridgehead atoms. The second kappa shape index (κ2) is 6.61. The molecule has 0 spiro atoms. The first-order chi connectivity index (χ1) is 9.63. The number of hydrogen-bond donors (Lipinski definition) is 0. The van der Waals surface area contributed by atoms with Gasteiger partial charge in [-0.25, -0.2) is 4.79 Å². The number of ether oxygens (including phenoxy) is 1. The predicted octanol–water partition coefficient (Wildman–Crippen LogP) is 3.31. The van der Waals surface area contributed by atoms with Gasteiger partial charge in [-0.15, -0.1) is 0 Å². The van der Waals surface area contributed by atoms with Crippen LogP contribution in [-0.2, 0) is 9.53 Å². The Morgan fingerprint density at radius 3 is 2.75 bits per heavy atom. The van der Waals surface area contributed by atoms with E-state index >= 15 is 0 Å².